The highest BCUT2D eigenvalue weighted by Crippen LogP contribution is 2.27. The molecule has 1 heterocycles. The molecular weight excluding hydrogens is 340 g/mol. The number of nitrogens with zero attached hydrogens (tertiary/aromatic N) is 2. The van der Waals surface area contributed by atoms with Crippen LogP contribution >= 0.6 is 0 Å². The van der Waals surface area contributed by atoms with E-state index in [-0.39, 0.29) is 11.8 Å². The first-order valence-corrected chi connectivity index (χ1v) is 10.1. The first-order valence-electron chi connectivity index (χ1n) is 10.1. The lowest BCUT2D eigenvalue weighted by atomic mass is 10.0. The van der Waals surface area contributed by atoms with Gasteiger partial charge in [-0.15, -0.1) is 0 Å². The molecule has 1 saturated heterocycles. The van der Waals surface area contributed by atoms with E-state index < -0.39 is 6.10 Å². The van der Waals surface area contributed by atoms with E-state index in [9.17, 15) is 9.59 Å². The second-order valence-electron chi connectivity index (χ2n) is 8.11. The van der Waals surface area contributed by atoms with Gasteiger partial charge in [0.05, 0.1) is 0 Å². The number of hydrogen-bond acceptors (Lipinski definition) is 3. The molecule has 0 radical (unpaired) electrons. The third-order valence-corrected chi connectivity index (χ3v) is 4.94. The second-order valence-corrected chi connectivity index (χ2v) is 8.11. The molecule has 0 spiro atoms. The lowest BCUT2D eigenvalue weighted by Gasteiger charge is -2.26. The van der Waals surface area contributed by atoms with Gasteiger partial charge in [0.1, 0.15) is 5.75 Å². The molecule has 1 aliphatic rings. The number of hydrogen-bond donors (Lipinski definition) is 0. The van der Waals surface area contributed by atoms with Crippen molar-refractivity contribution >= 4 is 11.8 Å². The molecule has 0 bridgehead atoms. The third kappa shape index (κ3) is 5.98. The highest BCUT2D eigenvalue weighted by atomic mass is 16.5. The number of carbonyl (C=O) groups is 2. The van der Waals surface area contributed by atoms with Crippen molar-refractivity contribution in [2.75, 3.05) is 26.2 Å². The van der Waals surface area contributed by atoms with E-state index in [0.29, 0.717) is 37.9 Å². The van der Waals surface area contributed by atoms with Crippen molar-refractivity contribution in [3.05, 3.63) is 29.8 Å². The molecule has 5 heteroatoms. The van der Waals surface area contributed by atoms with Gasteiger partial charge in [-0.05, 0) is 36.8 Å². The van der Waals surface area contributed by atoms with E-state index in [1.807, 2.05) is 41.0 Å². The average molecular weight is 375 g/mol. The highest BCUT2D eigenvalue weighted by molar-refractivity contribution is 5.81. The van der Waals surface area contributed by atoms with E-state index in [2.05, 4.69) is 27.7 Å². The molecule has 2 rings (SSSR count). The predicted octanol–water partition coefficient (Wildman–Crippen LogP) is 3.68. The fourth-order valence-electron chi connectivity index (χ4n) is 3.43. The maximum atomic E-state index is 12.9. The minimum atomic E-state index is -0.539. The Hall–Kier alpha value is -2.04. The lowest BCUT2D eigenvalue weighted by Crippen LogP contribution is -2.43. The molecule has 2 amide bonds. The maximum absolute atomic E-state index is 12.9. The zero-order valence-corrected chi connectivity index (χ0v) is 17.4. The highest BCUT2D eigenvalue weighted by Gasteiger charge is 2.26. The van der Waals surface area contributed by atoms with Gasteiger partial charge in [0.2, 0.25) is 5.91 Å². The van der Waals surface area contributed by atoms with E-state index in [4.69, 9.17) is 4.74 Å². The molecule has 150 valence electrons. The summed E-state index contributed by atoms with van der Waals surface area (Å²) in [4.78, 5) is 28.9. The Morgan fingerprint density at radius 2 is 1.59 bits per heavy atom. The van der Waals surface area contributed by atoms with Crippen molar-refractivity contribution in [3.8, 4) is 5.75 Å². The molecule has 1 unspecified atom stereocenters. The van der Waals surface area contributed by atoms with Crippen LogP contribution in [0.5, 0.6) is 5.75 Å². The van der Waals surface area contributed by atoms with Crippen LogP contribution in [0, 0.1) is 5.92 Å². The SMILES string of the molecule is CC(C)CC(=O)N1CCCN(C(=O)C(C)Oc2ccccc2C(C)C)CC1. The van der Waals surface area contributed by atoms with E-state index in [0.717, 1.165) is 24.3 Å². The Bertz CT molecular complexity index is 642. The van der Waals surface area contributed by atoms with Crippen LogP contribution in [0.15, 0.2) is 24.3 Å². The minimum Gasteiger partial charge on any atom is -0.481 e. The zero-order valence-electron chi connectivity index (χ0n) is 17.4. The van der Waals surface area contributed by atoms with Gasteiger partial charge in [0.15, 0.2) is 6.10 Å². The molecule has 1 aromatic carbocycles. The number of benzene rings is 1. The number of ether oxygens (including phenoxy) is 1. The summed E-state index contributed by atoms with van der Waals surface area (Å²) in [6.07, 6.45) is 0.840. The van der Waals surface area contributed by atoms with E-state index >= 15 is 0 Å². The van der Waals surface area contributed by atoms with Gasteiger partial charge in [0, 0.05) is 32.6 Å². The Kier molecular flexibility index (Phi) is 7.69. The summed E-state index contributed by atoms with van der Waals surface area (Å²) in [5.41, 5.74) is 1.11. The maximum Gasteiger partial charge on any atom is 0.263 e. The monoisotopic (exact) mass is 374 g/mol. The number of rotatable bonds is 6. The molecule has 0 aliphatic carbocycles. The van der Waals surface area contributed by atoms with E-state index in [1.165, 1.54) is 0 Å². The standard InChI is InChI=1S/C22H34N2O3/c1-16(2)15-21(25)23-11-8-12-24(14-13-23)22(26)18(5)27-20-10-7-6-9-19(20)17(3)4/h6-7,9-10,16-18H,8,11-15H2,1-5H3. The lowest BCUT2D eigenvalue weighted by molar-refractivity contribution is -0.138. The van der Waals surface area contributed by atoms with Crippen molar-refractivity contribution in [2.45, 2.75) is 59.5 Å². The molecule has 0 N–H and O–H groups in total. The van der Waals surface area contributed by atoms with Gasteiger partial charge in [-0.1, -0.05) is 45.9 Å². The molecule has 0 aromatic heterocycles. The van der Waals surface area contributed by atoms with Gasteiger partial charge < -0.3 is 14.5 Å². The first-order chi connectivity index (χ1) is 12.8. The second kappa shape index (κ2) is 9.77. The number of para-hydroxylation sites is 1. The number of carbonyl (C=O) groups excluding carboxylic acids is 2. The summed E-state index contributed by atoms with van der Waals surface area (Å²) in [5, 5.41) is 0. The van der Waals surface area contributed by atoms with Crippen LogP contribution in [0.2, 0.25) is 0 Å². The molecular formula is C22H34N2O3. The topological polar surface area (TPSA) is 49.9 Å². The summed E-state index contributed by atoms with van der Waals surface area (Å²) in [6, 6.07) is 7.89. The van der Waals surface area contributed by atoms with Crippen molar-refractivity contribution in [1.29, 1.82) is 0 Å². The normalized spacial score (nSPS) is 16.4. The summed E-state index contributed by atoms with van der Waals surface area (Å²) in [6.45, 7) is 12.7. The van der Waals surface area contributed by atoms with Crippen LogP contribution < -0.4 is 4.74 Å². The minimum absolute atomic E-state index is 0.00767. The summed E-state index contributed by atoms with van der Waals surface area (Å²) >= 11 is 0. The van der Waals surface area contributed by atoms with Gasteiger partial charge in [0.25, 0.3) is 5.91 Å². The molecule has 5 nitrogen and oxygen atoms in total. The summed E-state index contributed by atoms with van der Waals surface area (Å²) < 4.78 is 6.02. The van der Waals surface area contributed by atoms with Gasteiger partial charge in [-0.3, -0.25) is 9.59 Å². The molecule has 1 fully saturated rings. The average Bonchev–Trinajstić information content (AvgIpc) is 2.87. The fraction of sp³-hybridized carbons (Fsp3) is 0.636. The Balaban J connectivity index is 1.96. The van der Waals surface area contributed by atoms with Crippen molar-refractivity contribution in [3.63, 3.8) is 0 Å². The van der Waals surface area contributed by atoms with Crippen LogP contribution in [-0.2, 0) is 9.59 Å². The molecule has 27 heavy (non-hydrogen) atoms. The van der Waals surface area contributed by atoms with Crippen molar-refractivity contribution in [1.82, 2.24) is 9.80 Å². The Morgan fingerprint density at radius 3 is 2.26 bits per heavy atom. The van der Waals surface area contributed by atoms with Crippen LogP contribution in [-0.4, -0.2) is 53.9 Å². The number of amides is 2. The van der Waals surface area contributed by atoms with Crippen LogP contribution in [0.4, 0.5) is 0 Å². The van der Waals surface area contributed by atoms with Gasteiger partial charge in [-0.25, -0.2) is 0 Å². The molecule has 0 saturated carbocycles. The predicted molar refractivity (Wildman–Crippen MR) is 108 cm³/mol. The Morgan fingerprint density at radius 1 is 0.963 bits per heavy atom. The smallest absolute Gasteiger partial charge is 0.263 e. The third-order valence-electron chi connectivity index (χ3n) is 4.94. The van der Waals surface area contributed by atoms with Crippen LogP contribution in [0.1, 0.15) is 58.9 Å². The largest absolute Gasteiger partial charge is 0.481 e. The Labute approximate surface area is 163 Å². The molecule has 1 aromatic rings. The van der Waals surface area contributed by atoms with Crippen molar-refractivity contribution < 1.29 is 14.3 Å². The van der Waals surface area contributed by atoms with Gasteiger partial charge >= 0.3 is 0 Å². The molecule has 1 aliphatic heterocycles. The van der Waals surface area contributed by atoms with Crippen molar-refractivity contribution in [2.24, 2.45) is 5.92 Å². The van der Waals surface area contributed by atoms with E-state index in [1.54, 1.807) is 0 Å². The zero-order chi connectivity index (χ0) is 20.0. The molecule has 1 atom stereocenters. The van der Waals surface area contributed by atoms with Crippen LogP contribution in [0.3, 0.4) is 0 Å². The first kappa shape index (κ1) is 21.3. The summed E-state index contributed by atoms with van der Waals surface area (Å²) in [5.74, 6) is 1.65. The quantitative estimate of drug-likeness (QED) is 0.763. The fourth-order valence-corrected chi connectivity index (χ4v) is 3.43. The van der Waals surface area contributed by atoms with Gasteiger partial charge in [-0.2, -0.15) is 0 Å². The summed E-state index contributed by atoms with van der Waals surface area (Å²) in [7, 11) is 0. The van der Waals surface area contributed by atoms with Crippen LogP contribution in [0.25, 0.3) is 0 Å².